The van der Waals surface area contributed by atoms with Gasteiger partial charge in [0.05, 0.1) is 3.39 Å². The minimum Gasteiger partial charge on any atom is -0.356 e. The number of hydrogen-bond donors (Lipinski definition) is 0. The molecule has 0 saturated heterocycles. The fraction of sp³-hybridized carbons (Fsp3) is 0.714. The zero-order chi connectivity index (χ0) is 8.69. The third-order valence-electron chi connectivity index (χ3n) is 1.23. The first-order valence-electron chi connectivity index (χ1n) is 3.27. The van der Waals surface area contributed by atoms with Crippen molar-refractivity contribution in [2.75, 3.05) is 14.2 Å². The Balaban J connectivity index is 3.43. The molecule has 0 aliphatic heterocycles. The van der Waals surface area contributed by atoms with E-state index in [1.165, 1.54) is 0 Å². The van der Waals surface area contributed by atoms with E-state index in [0.717, 1.165) is 16.2 Å². The van der Waals surface area contributed by atoms with Gasteiger partial charge in [0.1, 0.15) is 0 Å². The van der Waals surface area contributed by atoms with E-state index in [2.05, 4.69) is 31.9 Å². The Morgan fingerprint density at radius 1 is 1.36 bits per heavy atom. The molecule has 0 aromatic carbocycles. The van der Waals surface area contributed by atoms with Crippen LogP contribution in [0.3, 0.4) is 0 Å². The zero-order valence-electron chi connectivity index (χ0n) is 6.64. The lowest BCUT2D eigenvalue weighted by atomic mass is 10.3. The van der Waals surface area contributed by atoms with Crippen molar-refractivity contribution in [1.29, 1.82) is 0 Å². The summed E-state index contributed by atoms with van der Waals surface area (Å²) >= 11 is 6.53. The fourth-order valence-corrected chi connectivity index (χ4v) is 1.12. The highest BCUT2D eigenvalue weighted by molar-refractivity contribution is 9.28. The fourth-order valence-electron chi connectivity index (χ4n) is 0.660. The Labute approximate surface area is 84.2 Å². The Morgan fingerprint density at radius 3 is 2.27 bits per heavy atom. The van der Waals surface area contributed by atoms with Crippen LogP contribution in [0.25, 0.3) is 0 Å². The maximum absolute atomic E-state index is 5.00. The third-order valence-corrected chi connectivity index (χ3v) is 1.87. The molecule has 0 N–H and O–H groups in total. The van der Waals surface area contributed by atoms with E-state index in [4.69, 9.17) is 9.47 Å². The first-order valence-corrected chi connectivity index (χ1v) is 4.86. The molecule has 0 spiro atoms. The van der Waals surface area contributed by atoms with Crippen molar-refractivity contribution in [2.45, 2.75) is 19.1 Å². The summed E-state index contributed by atoms with van der Waals surface area (Å²) in [5.74, 6) is 0. The second-order valence-corrected chi connectivity index (χ2v) is 4.74. The van der Waals surface area contributed by atoms with Gasteiger partial charge in [0.2, 0.25) is 0 Å². The normalized spacial score (nSPS) is 10.3. The number of halogens is 2. The summed E-state index contributed by atoms with van der Waals surface area (Å²) in [4.78, 5) is 0. The average Bonchev–Trinajstić information content (AvgIpc) is 1.98. The molecule has 0 radical (unpaired) electrons. The zero-order valence-corrected chi connectivity index (χ0v) is 9.81. The van der Waals surface area contributed by atoms with Crippen LogP contribution in [0.1, 0.15) is 12.8 Å². The van der Waals surface area contributed by atoms with E-state index in [1.54, 1.807) is 14.2 Å². The van der Waals surface area contributed by atoms with Crippen LogP contribution in [0.2, 0.25) is 0 Å². The minimum atomic E-state index is -0.0920. The molecule has 0 aromatic rings. The monoisotopic (exact) mass is 286 g/mol. The van der Waals surface area contributed by atoms with Crippen LogP contribution >= 0.6 is 31.9 Å². The summed E-state index contributed by atoms with van der Waals surface area (Å²) in [5.41, 5.74) is 0. The molecule has 0 aliphatic carbocycles. The van der Waals surface area contributed by atoms with Gasteiger partial charge in [-0.1, -0.05) is 6.08 Å². The SMILES string of the molecule is COC(CCC=C(Br)Br)OC. The molecule has 2 nitrogen and oxygen atoms in total. The predicted octanol–water partition coefficient (Wildman–Crippen LogP) is 3.02. The van der Waals surface area contributed by atoms with E-state index in [-0.39, 0.29) is 6.29 Å². The minimum absolute atomic E-state index is 0.0920. The lowest BCUT2D eigenvalue weighted by molar-refractivity contribution is -0.105. The van der Waals surface area contributed by atoms with Crippen molar-refractivity contribution in [2.24, 2.45) is 0 Å². The Morgan fingerprint density at radius 2 is 1.91 bits per heavy atom. The van der Waals surface area contributed by atoms with E-state index >= 15 is 0 Å². The number of ether oxygens (including phenoxy) is 2. The number of hydrogen-bond acceptors (Lipinski definition) is 2. The second kappa shape index (κ2) is 7.28. The first kappa shape index (κ1) is 11.6. The lowest BCUT2D eigenvalue weighted by Crippen LogP contribution is -2.11. The predicted molar refractivity (Wildman–Crippen MR) is 53.0 cm³/mol. The molecule has 0 unspecified atom stereocenters. The molecule has 0 atom stereocenters. The Bertz CT molecular complexity index is 118. The largest absolute Gasteiger partial charge is 0.356 e. The number of allylic oxidation sites excluding steroid dienone is 1. The standard InChI is InChI=1S/C7H12Br2O2/c1-10-7(11-2)5-3-4-6(8)9/h4,7H,3,5H2,1-2H3. The first-order chi connectivity index (χ1) is 5.20. The van der Waals surface area contributed by atoms with Gasteiger partial charge in [-0.05, 0) is 38.3 Å². The van der Waals surface area contributed by atoms with Crippen molar-refractivity contribution in [3.05, 3.63) is 9.47 Å². The molecule has 0 aromatic heterocycles. The molecule has 0 aliphatic rings. The molecule has 0 heterocycles. The molecule has 11 heavy (non-hydrogen) atoms. The van der Waals surface area contributed by atoms with Crippen LogP contribution in [0.5, 0.6) is 0 Å². The molecule has 0 fully saturated rings. The molecule has 0 saturated carbocycles. The van der Waals surface area contributed by atoms with Gasteiger partial charge < -0.3 is 9.47 Å². The summed E-state index contributed by atoms with van der Waals surface area (Å²) < 4.78 is 11.0. The van der Waals surface area contributed by atoms with E-state index < -0.39 is 0 Å². The number of methoxy groups -OCH3 is 2. The number of rotatable bonds is 5. The second-order valence-electron chi connectivity index (χ2n) is 1.97. The summed E-state index contributed by atoms with van der Waals surface area (Å²) in [5, 5.41) is 0. The topological polar surface area (TPSA) is 18.5 Å². The van der Waals surface area contributed by atoms with Gasteiger partial charge in [0.15, 0.2) is 6.29 Å². The third kappa shape index (κ3) is 7.00. The van der Waals surface area contributed by atoms with Gasteiger partial charge in [0, 0.05) is 20.6 Å². The molecule has 66 valence electrons. The molecule has 4 heteroatoms. The summed E-state index contributed by atoms with van der Waals surface area (Å²) in [6, 6.07) is 0. The van der Waals surface area contributed by atoms with Crippen molar-refractivity contribution >= 4 is 31.9 Å². The molecule has 0 amide bonds. The lowest BCUT2D eigenvalue weighted by Gasteiger charge is -2.10. The van der Waals surface area contributed by atoms with Crippen LogP contribution in [0, 0.1) is 0 Å². The highest BCUT2D eigenvalue weighted by atomic mass is 79.9. The maximum atomic E-state index is 5.00. The highest BCUT2D eigenvalue weighted by Gasteiger charge is 2.01. The average molecular weight is 288 g/mol. The van der Waals surface area contributed by atoms with Gasteiger partial charge in [-0.2, -0.15) is 0 Å². The van der Waals surface area contributed by atoms with E-state index in [9.17, 15) is 0 Å². The van der Waals surface area contributed by atoms with Gasteiger partial charge >= 0.3 is 0 Å². The van der Waals surface area contributed by atoms with Crippen molar-refractivity contribution in [1.82, 2.24) is 0 Å². The van der Waals surface area contributed by atoms with Gasteiger partial charge in [-0.25, -0.2) is 0 Å². The quantitative estimate of drug-likeness (QED) is 0.724. The van der Waals surface area contributed by atoms with Crippen molar-refractivity contribution in [3.8, 4) is 0 Å². The summed E-state index contributed by atoms with van der Waals surface area (Å²) in [6.07, 6.45) is 3.72. The Kier molecular flexibility index (Phi) is 7.69. The van der Waals surface area contributed by atoms with Crippen molar-refractivity contribution < 1.29 is 9.47 Å². The molecule has 0 rings (SSSR count). The molecule has 0 bridgehead atoms. The van der Waals surface area contributed by atoms with Crippen LogP contribution in [-0.4, -0.2) is 20.5 Å². The Hall–Kier alpha value is 0.620. The van der Waals surface area contributed by atoms with Gasteiger partial charge in [-0.3, -0.25) is 0 Å². The molecular weight excluding hydrogens is 276 g/mol. The van der Waals surface area contributed by atoms with Crippen LogP contribution in [0.15, 0.2) is 9.47 Å². The van der Waals surface area contributed by atoms with Crippen LogP contribution in [0.4, 0.5) is 0 Å². The smallest absolute Gasteiger partial charge is 0.157 e. The van der Waals surface area contributed by atoms with Crippen LogP contribution < -0.4 is 0 Å². The molecular formula is C7H12Br2O2. The van der Waals surface area contributed by atoms with E-state index in [0.29, 0.717) is 0 Å². The van der Waals surface area contributed by atoms with Gasteiger partial charge in [-0.15, -0.1) is 0 Å². The van der Waals surface area contributed by atoms with Gasteiger partial charge in [0.25, 0.3) is 0 Å². The summed E-state index contributed by atoms with van der Waals surface area (Å²) in [6.45, 7) is 0. The maximum Gasteiger partial charge on any atom is 0.157 e. The summed E-state index contributed by atoms with van der Waals surface area (Å²) in [7, 11) is 3.28. The van der Waals surface area contributed by atoms with E-state index in [1.807, 2.05) is 6.08 Å². The van der Waals surface area contributed by atoms with Crippen molar-refractivity contribution in [3.63, 3.8) is 0 Å². The highest BCUT2D eigenvalue weighted by Crippen LogP contribution is 2.15. The van der Waals surface area contributed by atoms with Crippen LogP contribution in [-0.2, 0) is 9.47 Å².